The first-order valence-corrected chi connectivity index (χ1v) is 8.19. The number of ether oxygens (including phenoxy) is 1. The highest BCUT2D eigenvalue weighted by atomic mass is 35.5. The summed E-state index contributed by atoms with van der Waals surface area (Å²) < 4.78 is 5.36. The molecule has 0 amide bonds. The molecule has 2 heterocycles. The van der Waals surface area contributed by atoms with Crippen molar-refractivity contribution in [3.05, 3.63) is 39.6 Å². The number of rotatable bonds is 4. The van der Waals surface area contributed by atoms with Crippen LogP contribution in [0.4, 0.5) is 0 Å². The minimum absolute atomic E-state index is 0.314. The van der Waals surface area contributed by atoms with Crippen LogP contribution in [0.25, 0.3) is 0 Å². The van der Waals surface area contributed by atoms with Crippen molar-refractivity contribution in [2.24, 2.45) is 0 Å². The van der Waals surface area contributed by atoms with Crippen molar-refractivity contribution < 1.29 is 25.2 Å². The van der Waals surface area contributed by atoms with Crippen molar-refractivity contribution in [3.8, 4) is 0 Å². The Balaban J connectivity index is 1.77. The molecule has 4 N–H and O–H groups in total. The molecule has 11 heteroatoms. The maximum Gasteiger partial charge on any atom is 0.199 e. The molecule has 1 aliphatic heterocycles. The summed E-state index contributed by atoms with van der Waals surface area (Å²) in [6, 6.07) is 5.10. The number of nitrogens with zero attached hydrogens (tertiary/aromatic N) is 4. The van der Waals surface area contributed by atoms with Gasteiger partial charge in [0.25, 0.3) is 0 Å². The van der Waals surface area contributed by atoms with Gasteiger partial charge in [0.1, 0.15) is 24.4 Å². The lowest BCUT2D eigenvalue weighted by Gasteiger charge is -2.38. The van der Waals surface area contributed by atoms with Crippen LogP contribution in [0.1, 0.15) is 17.6 Å². The monoisotopic (exact) mass is 390 g/mol. The predicted molar refractivity (Wildman–Crippen MR) is 86.1 cm³/mol. The zero-order valence-electron chi connectivity index (χ0n) is 12.8. The van der Waals surface area contributed by atoms with Crippen molar-refractivity contribution in [1.29, 1.82) is 0 Å². The van der Waals surface area contributed by atoms with Gasteiger partial charge in [-0.25, -0.2) is 0 Å². The zero-order chi connectivity index (χ0) is 18.1. The minimum atomic E-state index is -1.51. The molecule has 0 aliphatic carbocycles. The summed E-state index contributed by atoms with van der Waals surface area (Å²) in [5, 5.41) is 51.5. The number of halogens is 2. The molecule has 25 heavy (non-hydrogen) atoms. The van der Waals surface area contributed by atoms with Crippen LogP contribution < -0.4 is 0 Å². The topological polar surface area (TPSA) is 134 Å². The van der Waals surface area contributed by atoms with Crippen LogP contribution in [0.5, 0.6) is 0 Å². The molecule has 3 rings (SSSR count). The summed E-state index contributed by atoms with van der Waals surface area (Å²) >= 11 is 11.8. The summed E-state index contributed by atoms with van der Waals surface area (Å²) in [5.74, 6) is 0.329. The molecule has 5 unspecified atom stereocenters. The van der Waals surface area contributed by atoms with Crippen molar-refractivity contribution in [3.63, 3.8) is 0 Å². The second-order valence-corrected chi connectivity index (χ2v) is 6.49. The van der Waals surface area contributed by atoms with E-state index in [4.69, 9.17) is 27.9 Å². The molecule has 0 radical (unpaired) electrons. The summed E-state index contributed by atoms with van der Waals surface area (Å²) in [5.41, 5.74) is 0.808. The third kappa shape index (κ3) is 3.77. The van der Waals surface area contributed by atoms with E-state index in [0.717, 1.165) is 10.4 Å². The molecule has 2 aromatic rings. The van der Waals surface area contributed by atoms with Crippen molar-refractivity contribution in [2.45, 2.75) is 37.1 Å². The fourth-order valence-corrected chi connectivity index (χ4v) is 2.86. The molecular formula is C14H16Cl2N4O5. The first-order chi connectivity index (χ1) is 11.9. The van der Waals surface area contributed by atoms with E-state index in [1.807, 2.05) is 0 Å². The Bertz CT molecular complexity index is 744. The van der Waals surface area contributed by atoms with Crippen LogP contribution in [0.15, 0.2) is 18.2 Å². The number of benzene rings is 1. The van der Waals surface area contributed by atoms with Gasteiger partial charge in [0.15, 0.2) is 12.1 Å². The van der Waals surface area contributed by atoms with Crippen molar-refractivity contribution >= 4 is 23.2 Å². The third-order valence-electron chi connectivity index (χ3n) is 3.91. The van der Waals surface area contributed by atoms with E-state index in [1.54, 1.807) is 18.2 Å². The average Bonchev–Trinajstić information content (AvgIpc) is 3.04. The molecular weight excluding hydrogens is 375 g/mol. The van der Waals surface area contributed by atoms with Gasteiger partial charge >= 0.3 is 0 Å². The van der Waals surface area contributed by atoms with Gasteiger partial charge in [0, 0.05) is 6.42 Å². The number of aliphatic hydroxyl groups excluding tert-OH is 4. The van der Waals surface area contributed by atoms with E-state index in [1.165, 1.54) is 0 Å². The maximum atomic E-state index is 10.1. The predicted octanol–water partition coefficient (Wildman–Crippen LogP) is -0.457. The lowest BCUT2D eigenvalue weighted by atomic mass is 9.99. The highest BCUT2D eigenvalue weighted by Crippen LogP contribution is 2.27. The fourth-order valence-electron chi connectivity index (χ4n) is 2.54. The molecule has 1 aliphatic rings. The molecule has 9 nitrogen and oxygen atoms in total. The van der Waals surface area contributed by atoms with E-state index in [0.29, 0.717) is 22.3 Å². The normalized spacial score (nSPS) is 29.8. The SMILES string of the molecule is OCC1OC(n2nnc(Cc3ccc(Cl)c(Cl)c3)n2)C(O)C(O)C1O. The van der Waals surface area contributed by atoms with E-state index in [-0.39, 0.29) is 0 Å². The van der Waals surface area contributed by atoms with Crippen LogP contribution in [0.3, 0.4) is 0 Å². The number of aliphatic hydroxyl groups is 4. The molecule has 1 saturated heterocycles. The number of aromatic nitrogens is 4. The van der Waals surface area contributed by atoms with E-state index < -0.39 is 37.3 Å². The molecule has 0 bridgehead atoms. The number of hydrogen-bond acceptors (Lipinski definition) is 8. The quantitative estimate of drug-likeness (QED) is 0.551. The Morgan fingerprint density at radius 3 is 2.52 bits per heavy atom. The minimum Gasteiger partial charge on any atom is -0.394 e. The van der Waals surface area contributed by atoms with Gasteiger partial charge in [0.2, 0.25) is 0 Å². The largest absolute Gasteiger partial charge is 0.394 e. The molecule has 1 fully saturated rings. The van der Waals surface area contributed by atoms with E-state index in [2.05, 4.69) is 15.4 Å². The van der Waals surface area contributed by atoms with Gasteiger partial charge in [-0.15, -0.1) is 15.0 Å². The summed E-state index contributed by atoms with van der Waals surface area (Å²) in [4.78, 5) is 0.995. The van der Waals surface area contributed by atoms with Crippen LogP contribution in [-0.2, 0) is 11.2 Å². The first-order valence-electron chi connectivity index (χ1n) is 7.43. The van der Waals surface area contributed by atoms with Gasteiger partial charge in [-0.1, -0.05) is 29.3 Å². The molecule has 1 aromatic carbocycles. The second-order valence-electron chi connectivity index (χ2n) is 5.67. The van der Waals surface area contributed by atoms with Crippen LogP contribution in [0.2, 0.25) is 10.0 Å². The number of hydrogen-bond donors (Lipinski definition) is 4. The van der Waals surface area contributed by atoms with Gasteiger partial charge in [-0.05, 0) is 22.9 Å². The average molecular weight is 391 g/mol. The van der Waals surface area contributed by atoms with Gasteiger partial charge < -0.3 is 25.2 Å². The van der Waals surface area contributed by atoms with Crippen LogP contribution in [0, 0.1) is 0 Å². The molecule has 0 spiro atoms. The maximum absolute atomic E-state index is 10.1. The fraction of sp³-hybridized carbons (Fsp3) is 0.500. The molecule has 136 valence electrons. The first kappa shape index (κ1) is 18.5. The number of tetrazole rings is 1. The lowest BCUT2D eigenvalue weighted by Crippen LogP contribution is -2.56. The highest BCUT2D eigenvalue weighted by molar-refractivity contribution is 6.42. The van der Waals surface area contributed by atoms with E-state index in [9.17, 15) is 20.4 Å². The van der Waals surface area contributed by atoms with Crippen molar-refractivity contribution in [2.75, 3.05) is 6.61 Å². The Hall–Kier alpha value is -1.33. The lowest BCUT2D eigenvalue weighted by molar-refractivity contribution is -0.257. The Labute approximate surface area is 152 Å². The van der Waals surface area contributed by atoms with Gasteiger partial charge in [-0.2, -0.15) is 0 Å². The summed E-state index contributed by atoms with van der Waals surface area (Å²) in [6.45, 7) is -0.535. The smallest absolute Gasteiger partial charge is 0.199 e. The van der Waals surface area contributed by atoms with Crippen LogP contribution >= 0.6 is 23.2 Å². The summed E-state index contributed by atoms with van der Waals surface area (Å²) in [7, 11) is 0. The molecule has 0 saturated carbocycles. The third-order valence-corrected chi connectivity index (χ3v) is 4.65. The van der Waals surface area contributed by atoms with Crippen LogP contribution in [-0.4, -0.2) is 71.7 Å². The summed E-state index contributed by atoms with van der Waals surface area (Å²) in [6.07, 6.45) is -6.37. The van der Waals surface area contributed by atoms with Crippen molar-refractivity contribution in [1.82, 2.24) is 20.2 Å². The second kappa shape index (κ2) is 7.50. The zero-order valence-corrected chi connectivity index (χ0v) is 14.3. The van der Waals surface area contributed by atoms with E-state index >= 15 is 0 Å². The molecule has 1 aromatic heterocycles. The Kier molecular flexibility index (Phi) is 5.54. The molecule has 5 atom stereocenters. The Morgan fingerprint density at radius 2 is 1.84 bits per heavy atom. The highest BCUT2D eigenvalue weighted by Gasteiger charge is 2.45. The van der Waals surface area contributed by atoms with Gasteiger partial charge in [0.05, 0.1) is 16.7 Å². The Morgan fingerprint density at radius 1 is 1.08 bits per heavy atom. The van der Waals surface area contributed by atoms with Gasteiger partial charge in [-0.3, -0.25) is 0 Å². The standard InChI is InChI=1S/C14H16Cl2N4O5/c15-7-2-1-6(3-8(7)16)4-10-17-19-20(18-10)14-13(24)12(23)11(22)9(5-21)25-14/h1-3,9,11-14,21-24H,4-5H2.